The fraction of sp³-hybridized carbons (Fsp3) is 0.227. The summed E-state index contributed by atoms with van der Waals surface area (Å²) in [7, 11) is 0. The van der Waals surface area contributed by atoms with E-state index < -0.39 is 17.8 Å². The van der Waals surface area contributed by atoms with Gasteiger partial charge in [-0.1, -0.05) is 43.1 Å². The van der Waals surface area contributed by atoms with E-state index in [4.69, 9.17) is 16.3 Å². The summed E-state index contributed by atoms with van der Waals surface area (Å²) in [6, 6.07) is 13.5. The van der Waals surface area contributed by atoms with Gasteiger partial charge >= 0.3 is 5.97 Å². The van der Waals surface area contributed by atoms with Crippen LogP contribution in [0.15, 0.2) is 59.3 Å². The molecule has 0 spiro atoms. The van der Waals surface area contributed by atoms with Gasteiger partial charge in [0.1, 0.15) is 10.7 Å². The Morgan fingerprint density at radius 2 is 1.76 bits per heavy atom. The summed E-state index contributed by atoms with van der Waals surface area (Å²) >= 11 is 6.15. The predicted molar refractivity (Wildman–Crippen MR) is 112 cm³/mol. The molecule has 0 saturated carbocycles. The Morgan fingerprint density at radius 1 is 1.07 bits per heavy atom. The molecule has 0 bridgehead atoms. The summed E-state index contributed by atoms with van der Waals surface area (Å²) in [5.41, 5.74) is 2.20. The zero-order chi connectivity index (χ0) is 21.0. The molecule has 2 aromatic carbocycles. The van der Waals surface area contributed by atoms with E-state index in [1.807, 2.05) is 26.0 Å². The number of nitrogens with zero attached hydrogens (tertiary/aromatic N) is 1. The number of carbonyl (C=O) groups is 3. The maximum Gasteiger partial charge on any atom is 0.338 e. The highest BCUT2D eigenvalue weighted by Gasteiger charge is 2.39. The maximum absolute atomic E-state index is 12.8. The molecule has 1 N–H and O–H groups in total. The van der Waals surface area contributed by atoms with E-state index in [0.717, 1.165) is 23.3 Å². The van der Waals surface area contributed by atoms with Crippen LogP contribution in [0, 0.1) is 6.92 Å². The quantitative estimate of drug-likeness (QED) is 0.414. The van der Waals surface area contributed by atoms with Crippen LogP contribution in [0.25, 0.3) is 0 Å². The molecule has 150 valence electrons. The Bertz CT molecular complexity index is 983. The van der Waals surface area contributed by atoms with Gasteiger partial charge in [-0.25, -0.2) is 9.69 Å². The molecule has 7 heteroatoms. The van der Waals surface area contributed by atoms with Crippen molar-refractivity contribution in [3.8, 4) is 0 Å². The smallest absolute Gasteiger partial charge is 0.338 e. The molecule has 1 heterocycles. The minimum atomic E-state index is -0.579. The van der Waals surface area contributed by atoms with Gasteiger partial charge in [-0.2, -0.15) is 0 Å². The number of anilines is 2. The summed E-state index contributed by atoms with van der Waals surface area (Å²) in [5.74, 6) is -1.51. The number of esters is 1. The monoisotopic (exact) mass is 412 g/mol. The minimum Gasteiger partial charge on any atom is -0.462 e. The number of aryl methyl sites for hydroxylation is 1. The second-order valence-corrected chi connectivity index (χ2v) is 6.99. The lowest BCUT2D eigenvalue weighted by atomic mass is 10.2. The summed E-state index contributed by atoms with van der Waals surface area (Å²) in [5, 5.41) is 2.71. The average Bonchev–Trinajstić information content (AvgIpc) is 2.92. The van der Waals surface area contributed by atoms with E-state index in [1.165, 1.54) is 0 Å². The van der Waals surface area contributed by atoms with E-state index in [9.17, 15) is 14.4 Å². The first-order valence-electron chi connectivity index (χ1n) is 9.32. The molecule has 0 aromatic heterocycles. The van der Waals surface area contributed by atoms with Crippen molar-refractivity contribution in [2.24, 2.45) is 0 Å². The highest BCUT2D eigenvalue weighted by Crippen LogP contribution is 2.31. The van der Waals surface area contributed by atoms with Crippen LogP contribution < -0.4 is 10.2 Å². The zero-order valence-corrected chi connectivity index (χ0v) is 17.0. The molecule has 1 aliphatic heterocycles. The van der Waals surface area contributed by atoms with E-state index in [1.54, 1.807) is 36.4 Å². The summed E-state index contributed by atoms with van der Waals surface area (Å²) < 4.78 is 5.17. The Balaban J connectivity index is 1.74. The number of ether oxygens (including phenoxy) is 1. The highest BCUT2D eigenvalue weighted by molar-refractivity contribution is 6.53. The van der Waals surface area contributed by atoms with Gasteiger partial charge in [0.25, 0.3) is 11.8 Å². The number of unbranched alkanes of at least 4 members (excludes halogenated alkanes) is 1. The van der Waals surface area contributed by atoms with Gasteiger partial charge in [0.05, 0.1) is 17.9 Å². The SMILES string of the molecule is CCCCOC(=O)c1ccc(NC2=C(Cl)C(=O)N(c3ccccc3C)C2=O)cc1. The number of nitrogens with one attached hydrogen (secondary N) is 1. The van der Waals surface area contributed by atoms with Gasteiger partial charge in [0.15, 0.2) is 0 Å². The van der Waals surface area contributed by atoms with Gasteiger partial charge in [-0.3, -0.25) is 9.59 Å². The third-order valence-electron chi connectivity index (χ3n) is 4.50. The number of carbonyl (C=O) groups excluding carboxylic acids is 3. The van der Waals surface area contributed by atoms with Crippen LogP contribution in [0.3, 0.4) is 0 Å². The molecule has 0 unspecified atom stereocenters. The number of benzene rings is 2. The number of halogens is 1. The standard InChI is InChI=1S/C22H21ClN2O4/c1-3-4-13-29-22(28)15-9-11-16(12-10-15)24-19-18(23)20(26)25(21(19)27)17-8-6-5-7-14(17)2/h5-12,24H,3-4,13H2,1-2H3. The Morgan fingerprint density at radius 3 is 2.41 bits per heavy atom. The van der Waals surface area contributed by atoms with Crippen molar-refractivity contribution in [1.29, 1.82) is 0 Å². The third-order valence-corrected chi connectivity index (χ3v) is 4.86. The zero-order valence-electron chi connectivity index (χ0n) is 16.2. The first kappa shape index (κ1) is 20.6. The van der Waals surface area contributed by atoms with E-state index in [2.05, 4.69) is 5.32 Å². The number of hydrogen-bond donors (Lipinski definition) is 1. The van der Waals surface area contributed by atoms with Crippen molar-refractivity contribution in [3.05, 3.63) is 70.4 Å². The molecule has 3 rings (SSSR count). The first-order chi connectivity index (χ1) is 13.9. The van der Waals surface area contributed by atoms with Crippen molar-refractivity contribution < 1.29 is 19.1 Å². The summed E-state index contributed by atoms with van der Waals surface area (Å²) in [4.78, 5) is 38.4. The van der Waals surface area contributed by atoms with Crippen molar-refractivity contribution in [3.63, 3.8) is 0 Å². The molecule has 0 saturated heterocycles. The molecular formula is C22H21ClN2O4. The molecule has 0 atom stereocenters. The molecule has 6 nitrogen and oxygen atoms in total. The normalized spacial score (nSPS) is 13.8. The van der Waals surface area contributed by atoms with E-state index >= 15 is 0 Å². The molecule has 1 aliphatic rings. The van der Waals surface area contributed by atoms with Crippen LogP contribution in [0.5, 0.6) is 0 Å². The molecular weight excluding hydrogens is 392 g/mol. The van der Waals surface area contributed by atoms with Crippen molar-refractivity contribution >= 4 is 40.8 Å². The lowest BCUT2D eigenvalue weighted by Gasteiger charge is -2.17. The van der Waals surface area contributed by atoms with Gasteiger partial charge < -0.3 is 10.1 Å². The Labute approximate surface area is 174 Å². The van der Waals surface area contributed by atoms with Gasteiger partial charge in [0, 0.05) is 5.69 Å². The molecule has 2 amide bonds. The lowest BCUT2D eigenvalue weighted by molar-refractivity contribution is -0.120. The number of hydrogen-bond acceptors (Lipinski definition) is 5. The number of amides is 2. The molecule has 0 aliphatic carbocycles. The number of para-hydroxylation sites is 1. The lowest BCUT2D eigenvalue weighted by Crippen LogP contribution is -2.32. The van der Waals surface area contributed by atoms with Crippen LogP contribution in [-0.2, 0) is 14.3 Å². The molecule has 0 radical (unpaired) electrons. The summed E-state index contributed by atoms with van der Waals surface area (Å²) in [6.45, 7) is 4.21. The average molecular weight is 413 g/mol. The van der Waals surface area contributed by atoms with E-state index in [-0.39, 0.29) is 10.7 Å². The highest BCUT2D eigenvalue weighted by atomic mass is 35.5. The van der Waals surface area contributed by atoms with Crippen LogP contribution >= 0.6 is 11.6 Å². The second-order valence-electron chi connectivity index (χ2n) is 6.61. The fourth-order valence-electron chi connectivity index (χ4n) is 2.87. The van der Waals surface area contributed by atoms with Gasteiger partial charge in [-0.15, -0.1) is 0 Å². The predicted octanol–water partition coefficient (Wildman–Crippen LogP) is 4.39. The van der Waals surface area contributed by atoms with Crippen LogP contribution in [0.1, 0.15) is 35.7 Å². The van der Waals surface area contributed by atoms with Crippen LogP contribution in [-0.4, -0.2) is 24.4 Å². The van der Waals surface area contributed by atoms with Gasteiger partial charge in [-0.05, 0) is 49.2 Å². The number of rotatable bonds is 7. The fourth-order valence-corrected chi connectivity index (χ4v) is 3.08. The van der Waals surface area contributed by atoms with Crippen LogP contribution in [0.2, 0.25) is 0 Å². The minimum absolute atomic E-state index is 0.00167. The number of imide groups is 1. The van der Waals surface area contributed by atoms with Crippen molar-refractivity contribution in [1.82, 2.24) is 0 Å². The Hall–Kier alpha value is -3.12. The largest absolute Gasteiger partial charge is 0.462 e. The molecule has 0 fully saturated rings. The van der Waals surface area contributed by atoms with Gasteiger partial charge in [0.2, 0.25) is 0 Å². The molecule has 29 heavy (non-hydrogen) atoms. The second kappa shape index (κ2) is 8.92. The summed E-state index contributed by atoms with van der Waals surface area (Å²) in [6.07, 6.45) is 1.75. The molecule has 2 aromatic rings. The van der Waals surface area contributed by atoms with Crippen molar-refractivity contribution in [2.45, 2.75) is 26.7 Å². The maximum atomic E-state index is 12.8. The van der Waals surface area contributed by atoms with Crippen LogP contribution in [0.4, 0.5) is 11.4 Å². The Kier molecular flexibility index (Phi) is 6.34. The van der Waals surface area contributed by atoms with E-state index in [0.29, 0.717) is 23.5 Å². The first-order valence-corrected chi connectivity index (χ1v) is 9.70. The third kappa shape index (κ3) is 4.32. The van der Waals surface area contributed by atoms with Crippen molar-refractivity contribution in [2.75, 3.05) is 16.8 Å². The topological polar surface area (TPSA) is 75.7 Å².